The molecule has 2 aromatic carbocycles. The van der Waals surface area contributed by atoms with Crippen LogP contribution in [0, 0.1) is 0 Å². The van der Waals surface area contributed by atoms with Crippen molar-refractivity contribution < 1.29 is 9.90 Å². The van der Waals surface area contributed by atoms with E-state index >= 15 is 0 Å². The average Bonchev–Trinajstić information content (AvgIpc) is 3.12. The molecule has 146 valence electrons. The molecule has 0 aliphatic heterocycles. The predicted molar refractivity (Wildman–Crippen MR) is 113 cm³/mol. The van der Waals surface area contributed by atoms with Crippen LogP contribution in [-0.2, 0) is 19.3 Å². The number of fused-ring (bicyclic) bond motifs is 1. The Kier molecular flexibility index (Phi) is 5.12. The van der Waals surface area contributed by atoms with Crippen LogP contribution in [0.15, 0.2) is 60.8 Å². The molecule has 4 aromatic rings. The van der Waals surface area contributed by atoms with E-state index in [2.05, 4.69) is 31.0 Å². The molecule has 29 heavy (non-hydrogen) atoms. The minimum atomic E-state index is -0.915. The zero-order chi connectivity index (χ0) is 20.4. The topological polar surface area (TPSA) is 67.5 Å². The number of carboxylic acid groups (broad SMARTS) is 1. The minimum absolute atomic E-state index is 0.312. The van der Waals surface area contributed by atoms with Gasteiger partial charge in [-0.1, -0.05) is 56.3 Å². The summed E-state index contributed by atoms with van der Waals surface area (Å²) in [6.07, 6.45) is 4.35. The molecule has 0 fully saturated rings. The molecule has 5 nitrogen and oxygen atoms in total. The van der Waals surface area contributed by atoms with Gasteiger partial charge in [-0.25, -0.2) is 14.3 Å². The van der Waals surface area contributed by atoms with Gasteiger partial charge in [-0.3, -0.25) is 0 Å². The fourth-order valence-electron chi connectivity index (χ4n) is 3.74. The highest BCUT2D eigenvalue weighted by atomic mass is 16.4. The molecule has 0 radical (unpaired) electrons. The lowest BCUT2D eigenvalue weighted by Gasteiger charge is -2.08. The highest BCUT2D eigenvalue weighted by Gasteiger charge is 2.15. The van der Waals surface area contributed by atoms with Gasteiger partial charge in [-0.2, -0.15) is 5.10 Å². The van der Waals surface area contributed by atoms with Crippen LogP contribution in [0.2, 0.25) is 0 Å². The van der Waals surface area contributed by atoms with Crippen LogP contribution in [0.1, 0.15) is 46.7 Å². The first kappa shape index (κ1) is 18.9. The van der Waals surface area contributed by atoms with Crippen molar-refractivity contribution in [2.24, 2.45) is 0 Å². The number of benzene rings is 2. The van der Waals surface area contributed by atoms with E-state index in [1.807, 2.05) is 41.0 Å². The second kappa shape index (κ2) is 7.87. The standard InChI is InChI=1S/C24H23N3O2/c1-3-18-13-14-25-23-21(22(4-2)26-27(18)23)15-16-9-11-17(12-10-16)19-7-5-6-8-20(19)24(28)29/h5-14H,3-4,15H2,1-2H3,(H,28,29). The summed E-state index contributed by atoms with van der Waals surface area (Å²) in [6, 6.07) is 17.2. The third kappa shape index (κ3) is 3.51. The number of aromatic carboxylic acids is 1. The molecule has 4 rings (SSSR count). The fourth-order valence-corrected chi connectivity index (χ4v) is 3.74. The van der Waals surface area contributed by atoms with E-state index in [-0.39, 0.29) is 0 Å². The molecule has 0 unspecified atom stereocenters. The molecule has 2 aromatic heterocycles. The Morgan fingerprint density at radius 1 is 1.00 bits per heavy atom. The first-order valence-corrected chi connectivity index (χ1v) is 9.88. The van der Waals surface area contributed by atoms with Gasteiger partial charge >= 0.3 is 5.97 Å². The third-order valence-electron chi connectivity index (χ3n) is 5.28. The maximum atomic E-state index is 11.5. The van der Waals surface area contributed by atoms with Crippen LogP contribution < -0.4 is 0 Å². The predicted octanol–water partition coefficient (Wildman–Crippen LogP) is 4.81. The van der Waals surface area contributed by atoms with Crippen molar-refractivity contribution in [1.82, 2.24) is 14.6 Å². The van der Waals surface area contributed by atoms with Crippen LogP contribution in [-0.4, -0.2) is 25.7 Å². The van der Waals surface area contributed by atoms with Gasteiger partial charge in [0.05, 0.1) is 11.3 Å². The van der Waals surface area contributed by atoms with Crippen LogP contribution in [0.4, 0.5) is 0 Å². The molecule has 5 heteroatoms. The largest absolute Gasteiger partial charge is 0.478 e. The number of carbonyl (C=O) groups is 1. The highest BCUT2D eigenvalue weighted by Crippen LogP contribution is 2.26. The molecule has 0 aliphatic rings. The first-order chi connectivity index (χ1) is 14.1. The molecule has 2 heterocycles. The van der Waals surface area contributed by atoms with Crippen molar-refractivity contribution >= 4 is 11.6 Å². The van der Waals surface area contributed by atoms with Crippen LogP contribution >= 0.6 is 0 Å². The minimum Gasteiger partial charge on any atom is -0.478 e. The molecule has 0 atom stereocenters. The number of aromatic nitrogens is 3. The second-order valence-corrected chi connectivity index (χ2v) is 7.03. The Bertz CT molecular complexity index is 1180. The monoisotopic (exact) mass is 385 g/mol. The molecule has 0 saturated carbocycles. The van der Waals surface area contributed by atoms with E-state index in [0.717, 1.165) is 58.6 Å². The lowest BCUT2D eigenvalue weighted by molar-refractivity contribution is 0.0697. The Hall–Kier alpha value is -3.47. The van der Waals surface area contributed by atoms with Gasteiger partial charge in [0.1, 0.15) is 0 Å². The summed E-state index contributed by atoms with van der Waals surface area (Å²) >= 11 is 0. The fraction of sp³-hybridized carbons (Fsp3) is 0.208. The molecule has 0 amide bonds. The smallest absolute Gasteiger partial charge is 0.336 e. The van der Waals surface area contributed by atoms with Crippen LogP contribution in [0.5, 0.6) is 0 Å². The normalized spacial score (nSPS) is 11.1. The summed E-state index contributed by atoms with van der Waals surface area (Å²) < 4.78 is 1.96. The number of carboxylic acids is 1. The summed E-state index contributed by atoms with van der Waals surface area (Å²) in [6.45, 7) is 4.23. The molecule has 0 saturated heterocycles. The molecule has 0 bridgehead atoms. The molecule has 0 aliphatic carbocycles. The van der Waals surface area contributed by atoms with E-state index in [9.17, 15) is 9.90 Å². The third-order valence-corrected chi connectivity index (χ3v) is 5.28. The van der Waals surface area contributed by atoms with Crippen molar-refractivity contribution in [2.45, 2.75) is 33.1 Å². The maximum absolute atomic E-state index is 11.5. The lowest BCUT2D eigenvalue weighted by Crippen LogP contribution is -1.99. The van der Waals surface area contributed by atoms with Gasteiger partial charge in [0.25, 0.3) is 0 Å². The number of hydrogen-bond acceptors (Lipinski definition) is 3. The van der Waals surface area contributed by atoms with Gasteiger partial charge in [-0.15, -0.1) is 0 Å². The van der Waals surface area contributed by atoms with Crippen molar-refractivity contribution in [3.05, 3.63) is 88.9 Å². The van der Waals surface area contributed by atoms with Crippen molar-refractivity contribution in [1.29, 1.82) is 0 Å². The number of hydrogen-bond donors (Lipinski definition) is 1. The second-order valence-electron chi connectivity index (χ2n) is 7.03. The van der Waals surface area contributed by atoms with Gasteiger partial charge < -0.3 is 5.11 Å². The van der Waals surface area contributed by atoms with E-state index in [0.29, 0.717) is 5.56 Å². The van der Waals surface area contributed by atoms with E-state index in [1.165, 1.54) is 0 Å². The quantitative estimate of drug-likeness (QED) is 0.517. The molecule has 0 spiro atoms. The summed E-state index contributed by atoms with van der Waals surface area (Å²) in [5, 5.41) is 14.2. The van der Waals surface area contributed by atoms with Crippen molar-refractivity contribution in [3.63, 3.8) is 0 Å². The summed E-state index contributed by atoms with van der Waals surface area (Å²) in [5.74, 6) is -0.915. The highest BCUT2D eigenvalue weighted by molar-refractivity contribution is 5.96. The van der Waals surface area contributed by atoms with Gasteiger partial charge in [0.15, 0.2) is 5.65 Å². The van der Waals surface area contributed by atoms with Crippen LogP contribution in [0.25, 0.3) is 16.8 Å². The van der Waals surface area contributed by atoms with Gasteiger partial charge in [0, 0.05) is 23.9 Å². The zero-order valence-electron chi connectivity index (χ0n) is 16.6. The maximum Gasteiger partial charge on any atom is 0.336 e. The van der Waals surface area contributed by atoms with Crippen molar-refractivity contribution in [2.75, 3.05) is 0 Å². The molecule has 1 N–H and O–H groups in total. The van der Waals surface area contributed by atoms with Crippen molar-refractivity contribution in [3.8, 4) is 11.1 Å². The molecular weight excluding hydrogens is 362 g/mol. The lowest BCUT2D eigenvalue weighted by atomic mass is 9.97. The van der Waals surface area contributed by atoms with Crippen LogP contribution in [0.3, 0.4) is 0 Å². The summed E-state index contributed by atoms with van der Waals surface area (Å²) in [5.41, 5.74) is 7.38. The Morgan fingerprint density at radius 3 is 2.45 bits per heavy atom. The van der Waals surface area contributed by atoms with E-state index in [4.69, 9.17) is 5.10 Å². The molecular formula is C24H23N3O2. The van der Waals surface area contributed by atoms with Gasteiger partial charge in [0.2, 0.25) is 0 Å². The first-order valence-electron chi connectivity index (χ1n) is 9.88. The average molecular weight is 385 g/mol. The van der Waals surface area contributed by atoms with E-state index < -0.39 is 5.97 Å². The van der Waals surface area contributed by atoms with Gasteiger partial charge in [-0.05, 0) is 41.7 Å². The number of rotatable bonds is 6. The van der Waals surface area contributed by atoms with E-state index in [1.54, 1.807) is 12.1 Å². The summed E-state index contributed by atoms with van der Waals surface area (Å²) in [7, 11) is 0. The Labute approximate surface area is 169 Å². The SMILES string of the molecule is CCc1nn2c(CC)ccnc2c1Cc1ccc(-c2ccccc2C(=O)O)cc1. The number of aryl methyl sites for hydroxylation is 2. The zero-order valence-corrected chi connectivity index (χ0v) is 16.6. The Balaban J connectivity index is 1.69. The number of nitrogens with zero attached hydrogens (tertiary/aromatic N) is 3. The Morgan fingerprint density at radius 2 is 1.76 bits per heavy atom. The summed E-state index contributed by atoms with van der Waals surface area (Å²) in [4.78, 5) is 16.1.